The van der Waals surface area contributed by atoms with Crippen molar-refractivity contribution >= 4 is 11.6 Å². The molecule has 3 nitrogen and oxygen atoms in total. The van der Waals surface area contributed by atoms with E-state index in [0.717, 1.165) is 30.6 Å². The average Bonchev–Trinajstić information content (AvgIpc) is 2.28. The van der Waals surface area contributed by atoms with Crippen LogP contribution in [0.4, 0.5) is 18.9 Å². The number of fused-ring (bicyclic) bond motifs is 1. The first-order chi connectivity index (χ1) is 8.36. The van der Waals surface area contributed by atoms with Gasteiger partial charge in [-0.3, -0.25) is 4.79 Å². The van der Waals surface area contributed by atoms with Gasteiger partial charge in [-0.25, -0.2) is 0 Å². The molecule has 1 aliphatic heterocycles. The molecule has 0 radical (unpaired) electrons. The molecule has 0 fully saturated rings. The number of benzene rings is 1. The van der Waals surface area contributed by atoms with E-state index in [1.54, 1.807) is 12.1 Å². The van der Waals surface area contributed by atoms with Gasteiger partial charge in [0.2, 0.25) is 0 Å². The van der Waals surface area contributed by atoms with Crippen molar-refractivity contribution in [1.82, 2.24) is 4.90 Å². The largest absolute Gasteiger partial charge is 0.471 e. The summed E-state index contributed by atoms with van der Waals surface area (Å²) in [4.78, 5) is 12.9. The summed E-state index contributed by atoms with van der Waals surface area (Å²) in [6.07, 6.45) is -4.07. The summed E-state index contributed by atoms with van der Waals surface area (Å²) in [6.45, 7) is 1.65. The third kappa shape index (κ3) is 2.81. The molecule has 2 rings (SSSR count). The maximum atomic E-state index is 12.1. The summed E-state index contributed by atoms with van der Waals surface area (Å²) in [5.41, 5.74) is 2.28. The van der Waals surface area contributed by atoms with Gasteiger partial charge in [-0.05, 0) is 36.7 Å². The number of nitrogens with one attached hydrogen (secondary N) is 1. The van der Waals surface area contributed by atoms with Gasteiger partial charge in [-0.15, -0.1) is 0 Å². The lowest BCUT2D eigenvalue weighted by Gasteiger charge is -2.25. The monoisotopic (exact) mass is 258 g/mol. The molecular formula is C12H13F3N2O. The molecule has 0 saturated carbocycles. The zero-order valence-corrected chi connectivity index (χ0v) is 9.84. The quantitative estimate of drug-likeness (QED) is 0.837. The van der Waals surface area contributed by atoms with Crippen LogP contribution < -0.4 is 5.32 Å². The molecule has 6 heteroatoms. The van der Waals surface area contributed by atoms with E-state index >= 15 is 0 Å². The Bertz CT molecular complexity index is 471. The highest BCUT2D eigenvalue weighted by atomic mass is 19.4. The Morgan fingerprint density at radius 3 is 2.72 bits per heavy atom. The Balaban J connectivity index is 2.15. The molecule has 1 amide bonds. The van der Waals surface area contributed by atoms with Crippen LogP contribution in [-0.4, -0.2) is 30.6 Å². The molecule has 0 atom stereocenters. The standard InChI is InChI=1S/C12H13F3N2O/c1-17-5-4-8-6-10(3-2-9(8)7-17)16-11(18)12(13,14)15/h2-3,6H,4-5,7H2,1H3,(H,16,18). The molecule has 0 spiro atoms. The number of likely N-dealkylation sites (N-methyl/N-ethyl adjacent to an activating group) is 1. The Hall–Kier alpha value is -1.56. The van der Waals surface area contributed by atoms with Crippen molar-refractivity contribution in [2.24, 2.45) is 0 Å². The predicted molar refractivity (Wildman–Crippen MR) is 61.2 cm³/mol. The van der Waals surface area contributed by atoms with Gasteiger partial charge in [0.25, 0.3) is 0 Å². The minimum absolute atomic E-state index is 0.195. The third-order valence-electron chi connectivity index (χ3n) is 2.92. The maximum absolute atomic E-state index is 12.1. The molecular weight excluding hydrogens is 245 g/mol. The first kappa shape index (κ1) is 12.9. The first-order valence-electron chi connectivity index (χ1n) is 5.55. The van der Waals surface area contributed by atoms with Gasteiger partial charge in [0.15, 0.2) is 0 Å². The SMILES string of the molecule is CN1CCc2cc(NC(=O)C(F)(F)F)ccc2C1. The molecule has 1 heterocycles. The lowest BCUT2D eigenvalue weighted by atomic mass is 9.99. The van der Waals surface area contributed by atoms with E-state index in [1.165, 1.54) is 6.07 Å². The second-order valence-corrected chi connectivity index (χ2v) is 4.42. The number of anilines is 1. The van der Waals surface area contributed by atoms with Crippen LogP contribution in [0.25, 0.3) is 0 Å². The first-order valence-corrected chi connectivity index (χ1v) is 5.55. The summed E-state index contributed by atoms with van der Waals surface area (Å²) in [6, 6.07) is 4.88. The second-order valence-electron chi connectivity index (χ2n) is 4.42. The van der Waals surface area contributed by atoms with Gasteiger partial charge in [-0.2, -0.15) is 13.2 Å². The molecule has 0 aromatic heterocycles. The van der Waals surface area contributed by atoms with E-state index in [0.29, 0.717) is 0 Å². The summed E-state index contributed by atoms with van der Waals surface area (Å²) in [5.74, 6) is -1.93. The van der Waals surface area contributed by atoms with E-state index in [1.807, 2.05) is 12.4 Å². The van der Waals surface area contributed by atoms with Gasteiger partial charge >= 0.3 is 12.1 Å². The van der Waals surface area contributed by atoms with Crippen LogP contribution in [0.1, 0.15) is 11.1 Å². The number of amides is 1. The molecule has 1 aromatic rings. The van der Waals surface area contributed by atoms with Crippen molar-refractivity contribution in [2.45, 2.75) is 19.1 Å². The Labute approximate surface area is 103 Å². The van der Waals surface area contributed by atoms with Crippen molar-refractivity contribution in [3.05, 3.63) is 29.3 Å². The normalized spacial score (nSPS) is 16.2. The van der Waals surface area contributed by atoms with E-state index < -0.39 is 12.1 Å². The van der Waals surface area contributed by atoms with E-state index in [4.69, 9.17) is 0 Å². The maximum Gasteiger partial charge on any atom is 0.471 e. The number of halogens is 3. The van der Waals surface area contributed by atoms with Crippen molar-refractivity contribution in [3.8, 4) is 0 Å². The molecule has 0 saturated heterocycles. The van der Waals surface area contributed by atoms with Gasteiger partial charge in [-0.1, -0.05) is 6.07 Å². The molecule has 0 aliphatic carbocycles. The van der Waals surface area contributed by atoms with Crippen LogP contribution in [-0.2, 0) is 17.8 Å². The summed E-state index contributed by atoms with van der Waals surface area (Å²) in [5, 5.41) is 1.87. The lowest BCUT2D eigenvalue weighted by Crippen LogP contribution is -2.30. The number of nitrogens with zero attached hydrogens (tertiary/aromatic N) is 1. The Kier molecular flexibility index (Phi) is 3.30. The highest BCUT2D eigenvalue weighted by molar-refractivity contribution is 5.95. The summed E-state index contributed by atoms with van der Waals surface area (Å²) >= 11 is 0. The van der Waals surface area contributed by atoms with Crippen LogP contribution >= 0.6 is 0 Å². The molecule has 98 valence electrons. The third-order valence-corrected chi connectivity index (χ3v) is 2.92. The smallest absolute Gasteiger partial charge is 0.318 e. The second kappa shape index (κ2) is 4.61. The summed E-state index contributed by atoms with van der Waals surface area (Å²) < 4.78 is 36.3. The van der Waals surface area contributed by atoms with Gasteiger partial charge < -0.3 is 10.2 Å². The molecule has 0 bridgehead atoms. The summed E-state index contributed by atoms with van der Waals surface area (Å²) in [7, 11) is 1.99. The van der Waals surface area contributed by atoms with Crippen LogP contribution in [0, 0.1) is 0 Å². The Morgan fingerprint density at radius 2 is 2.06 bits per heavy atom. The number of carbonyl (C=O) groups is 1. The van der Waals surface area contributed by atoms with Crippen molar-refractivity contribution < 1.29 is 18.0 Å². The minimum atomic E-state index is -4.85. The predicted octanol–water partition coefficient (Wildman–Crippen LogP) is 2.18. The average molecular weight is 258 g/mol. The lowest BCUT2D eigenvalue weighted by molar-refractivity contribution is -0.167. The minimum Gasteiger partial charge on any atom is -0.318 e. The van der Waals surface area contributed by atoms with E-state index in [9.17, 15) is 18.0 Å². The topological polar surface area (TPSA) is 32.3 Å². The van der Waals surface area contributed by atoms with Gasteiger partial charge in [0, 0.05) is 18.8 Å². The fraction of sp³-hybridized carbons (Fsp3) is 0.417. The highest BCUT2D eigenvalue weighted by Gasteiger charge is 2.38. The molecule has 1 N–H and O–H groups in total. The number of hydrogen-bond donors (Lipinski definition) is 1. The van der Waals surface area contributed by atoms with E-state index in [2.05, 4.69) is 4.90 Å². The zero-order valence-electron chi connectivity index (χ0n) is 9.84. The van der Waals surface area contributed by atoms with Crippen LogP contribution in [0.2, 0.25) is 0 Å². The molecule has 18 heavy (non-hydrogen) atoms. The Morgan fingerprint density at radius 1 is 1.33 bits per heavy atom. The van der Waals surface area contributed by atoms with E-state index in [-0.39, 0.29) is 5.69 Å². The number of alkyl halides is 3. The fourth-order valence-electron chi connectivity index (χ4n) is 1.97. The van der Waals surface area contributed by atoms with Gasteiger partial charge in [0.05, 0.1) is 0 Å². The van der Waals surface area contributed by atoms with Gasteiger partial charge in [0.1, 0.15) is 0 Å². The van der Waals surface area contributed by atoms with Crippen LogP contribution in [0.3, 0.4) is 0 Å². The highest BCUT2D eigenvalue weighted by Crippen LogP contribution is 2.23. The molecule has 0 unspecified atom stereocenters. The van der Waals surface area contributed by atoms with Crippen molar-refractivity contribution in [3.63, 3.8) is 0 Å². The number of hydrogen-bond acceptors (Lipinski definition) is 2. The van der Waals surface area contributed by atoms with Crippen LogP contribution in [0.15, 0.2) is 18.2 Å². The number of carbonyl (C=O) groups excluding carboxylic acids is 1. The van der Waals surface area contributed by atoms with Crippen molar-refractivity contribution in [2.75, 3.05) is 18.9 Å². The van der Waals surface area contributed by atoms with Crippen LogP contribution in [0.5, 0.6) is 0 Å². The zero-order chi connectivity index (χ0) is 13.3. The molecule has 1 aromatic carbocycles. The molecule has 1 aliphatic rings. The fourth-order valence-corrected chi connectivity index (χ4v) is 1.97. The van der Waals surface area contributed by atoms with Crippen molar-refractivity contribution in [1.29, 1.82) is 0 Å². The number of rotatable bonds is 1.